The van der Waals surface area contributed by atoms with Gasteiger partial charge < -0.3 is 15.0 Å². The summed E-state index contributed by atoms with van der Waals surface area (Å²) in [6.45, 7) is 2.21. The van der Waals surface area contributed by atoms with Crippen LogP contribution in [0.2, 0.25) is 5.02 Å². The molecule has 2 N–H and O–H groups in total. The Morgan fingerprint density at radius 2 is 2.04 bits per heavy atom. The molecule has 1 saturated carbocycles. The Labute approximate surface area is 168 Å². The van der Waals surface area contributed by atoms with E-state index in [0.717, 1.165) is 28.3 Å². The number of fused-ring (bicyclic) bond motifs is 3. The number of hydrazone groups is 1. The second kappa shape index (κ2) is 6.71. The number of halogens is 1. The van der Waals surface area contributed by atoms with Crippen LogP contribution in [-0.2, 0) is 4.79 Å². The molecule has 7 heteroatoms. The number of amidine groups is 1. The average molecular weight is 397 g/mol. The van der Waals surface area contributed by atoms with Crippen LogP contribution in [0.5, 0.6) is 5.75 Å². The number of anilines is 2. The van der Waals surface area contributed by atoms with Crippen molar-refractivity contribution >= 4 is 34.7 Å². The SMILES string of the molecule is C[C@@H]1C(=O)NN=C2COc3cc(-c4ccc(Cl)cc4)c(NC4CCC4)cc3N21. The zero-order valence-corrected chi connectivity index (χ0v) is 16.3. The number of ether oxygens (including phenoxy) is 1. The van der Waals surface area contributed by atoms with Gasteiger partial charge in [0, 0.05) is 22.3 Å². The number of nitrogens with zero attached hydrogens (tertiary/aromatic N) is 2. The minimum absolute atomic E-state index is 0.119. The summed E-state index contributed by atoms with van der Waals surface area (Å²) in [6.07, 6.45) is 3.59. The van der Waals surface area contributed by atoms with E-state index in [1.54, 1.807) is 0 Å². The lowest BCUT2D eigenvalue weighted by atomic mass is 9.92. The first kappa shape index (κ1) is 17.4. The van der Waals surface area contributed by atoms with E-state index >= 15 is 0 Å². The molecule has 0 bridgehead atoms. The number of rotatable bonds is 3. The summed E-state index contributed by atoms with van der Waals surface area (Å²) in [6, 6.07) is 12.1. The maximum Gasteiger partial charge on any atom is 0.262 e. The molecule has 0 spiro atoms. The molecule has 2 aromatic rings. The van der Waals surface area contributed by atoms with E-state index in [1.165, 1.54) is 19.3 Å². The summed E-state index contributed by atoms with van der Waals surface area (Å²) in [5.74, 6) is 1.35. The summed E-state index contributed by atoms with van der Waals surface area (Å²) in [5, 5.41) is 8.56. The molecule has 5 rings (SSSR count). The first-order valence-electron chi connectivity index (χ1n) is 9.59. The van der Waals surface area contributed by atoms with Gasteiger partial charge in [-0.05, 0) is 56.0 Å². The maximum absolute atomic E-state index is 12.2. The van der Waals surface area contributed by atoms with Crippen LogP contribution in [0, 0.1) is 0 Å². The number of carbonyl (C=O) groups is 1. The highest BCUT2D eigenvalue weighted by molar-refractivity contribution is 6.30. The molecule has 1 atom stereocenters. The largest absolute Gasteiger partial charge is 0.483 e. The normalized spacial score (nSPS) is 20.9. The van der Waals surface area contributed by atoms with E-state index in [1.807, 2.05) is 36.1 Å². The van der Waals surface area contributed by atoms with Crippen molar-refractivity contribution in [1.29, 1.82) is 0 Å². The zero-order chi connectivity index (χ0) is 19.3. The summed E-state index contributed by atoms with van der Waals surface area (Å²) in [4.78, 5) is 14.1. The van der Waals surface area contributed by atoms with Crippen molar-refractivity contribution in [2.24, 2.45) is 5.10 Å². The number of amides is 1. The van der Waals surface area contributed by atoms with Crippen molar-refractivity contribution in [1.82, 2.24) is 5.43 Å². The summed E-state index contributed by atoms with van der Waals surface area (Å²) < 4.78 is 5.99. The molecule has 28 heavy (non-hydrogen) atoms. The van der Waals surface area contributed by atoms with Crippen molar-refractivity contribution in [2.75, 3.05) is 16.8 Å². The van der Waals surface area contributed by atoms with Gasteiger partial charge in [0.25, 0.3) is 5.91 Å². The van der Waals surface area contributed by atoms with E-state index in [2.05, 4.69) is 28.0 Å². The van der Waals surface area contributed by atoms with E-state index in [4.69, 9.17) is 16.3 Å². The summed E-state index contributed by atoms with van der Waals surface area (Å²) in [7, 11) is 0. The number of hydrogen-bond donors (Lipinski definition) is 2. The van der Waals surface area contributed by atoms with Gasteiger partial charge in [0.1, 0.15) is 18.4 Å². The van der Waals surface area contributed by atoms with Gasteiger partial charge in [-0.2, -0.15) is 5.10 Å². The first-order chi connectivity index (χ1) is 13.6. The Balaban J connectivity index is 1.63. The highest BCUT2D eigenvalue weighted by Gasteiger charge is 2.36. The number of hydrogen-bond acceptors (Lipinski definition) is 5. The Kier molecular flexibility index (Phi) is 4.16. The third-order valence-electron chi connectivity index (χ3n) is 5.68. The van der Waals surface area contributed by atoms with Crippen LogP contribution in [0.4, 0.5) is 11.4 Å². The van der Waals surface area contributed by atoms with Crippen molar-refractivity contribution < 1.29 is 9.53 Å². The lowest BCUT2D eigenvalue weighted by molar-refractivity contribution is -0.122. The van der Waals surface area contributed by atoms with Gasteiger partial charge in [-0.1, -0.05) is 23.7 Å². The molecular weight excluding hydrogens is 376 g/mol. The van der Waals surface area contributed by atoms with Gasteiger partial charge >= 0.3 is 0 Å². The predicted molar refractivity (Wildman–Crippen MR) is 111 cm³/mol. The van der Waals surface area contributed by atoms with Gasteiger partial charge in [0.15, 0.2) is 5.84 Å². The van der Waals surface area contributed by atoms with E-state index < -0.39 is 0 Å². The molecule has 0 radical (unpaired) electrons. The summed E-state index contributed by atoms with van der Waals surface area (Å²) in [5.41, 5.74) is 6.61. The molecule has 144 valence electrons. The number of nitrogens with one attached hydrogen (secondary N) is 2. The fraction of sp³-hybridized carbons (Fsp3) is 0.333. The van der Waals surface area contributed by atoms with Gasteiger partial charge in [0.05, 0.1) is 5.69 Å². The monoisotopic (exact) mass is 396 g/mol. The molecule has 1 fully saturated rings. The maximum atomic E-state index is 12.2. The smallest absolute Gasteiger partial charge is 0.262 e. The highest BCUT2D eigenvalue weighted by Crippen LogP contribution is 2.43. The molecule has 2 heterocycles. The lowest BCUT2D eigenvalue weighted by Gasteiger charge is -2.39. The predicted octanol–water partition coefficient (Wildman–Crippen LogP) is 4.00. The molecule has 0 unspecified atom stereocenters. The van der Waals surface area contributed by atoms with E-state index in [0.29, 0.717) is 23.5 Å². The number of benzene rings is 2. The third-order valence-corrected chi connectivity index (χ3v) is 5.93. The Morgan fingerprint density at radius 3 is 2.75 bits per heavy atom. The zero-order valence-electron chi connectivity index (χ0n) is 15.5. The standard InChI is InChI=1S/C21H21ClN4O2/c1-12-21(27)25-24-20-11-28-19-9-16(13-5-7-14(22)8-6-13)17(10-18(19)26(12)20)23-15-3-2-4-15/h5-10,12,15,23H,2-4,11H2,1H3,(H,25,27)/t12-/m1/s1. The molecule has 2 aliphatic heterocycles. The molecule has 3 aliphatic rings. The van der Waals surface area contributed by atoms with Gasteiger partial charge in [-0.25, -0.2) is 5.43 Å². The Bertz CT molecular complexity index is 969. The van der Waals surface area contributed by atoms with Crippen LogP contribution < -0.4 is 20.4 Å². The van der Waals surface area contributed by atoms with Crippen molar-refractivity contribution in [3.8, 4) is 16.9 Å². The van der Waals surface area contributed by atoms with Gasteiger partial charge in [0.2, 0.25) is 0 Å². The van der Waals surface area contributed by atoms with Crippen LogP contribution in [-0.4, -0.2) is 30.4 Å². The highest BCUT2D eigenvalue weighted by atomic mass is 35.5. The molecular formula is C21H21ClN4O2. The minimum Gasteiger partial charge on any atom is -0.483 e. The average Bonchev–Trinajstić information content (AvgIpc) is 2.67. The lowest BCUT2D eigenvalue weighted by Crippen LogP contribution is -2.55. The quantitative estimate of drug-likeness (QED) is 0.822. The van der Waals surface area contributed by atoms with Crippen LogP contribution in [0.15, 0.2) is 41.5 Å². The summed E-state index contributed by atoms with van der Waals surface area (Å²) >= 11 is 6.08. The van der Waals surface area contributed by atoms with Crippen LogP contribution in [0.25, 0.3) is 11.1 Å². The van der Waals surface area contributed by atoms with Crippen LogP contribution in [0.3, 0.4) is 0 Å². The Hall–Kier alpha value is -2.73. The van der Waals surface area contributed by atoms with Gasteiger partial charge in [-0.15, -0.1) is 0 Å². The minimum atomic E-state index is -0.340. The first-order valence-corrected chi connectivity index (χ1v) is 9.97. The second-order valence-electron chi connectivity index (χ2n) is 7.48. The topological polar surface area (TPSA) is 66.0 Å². The van der Waals surface area contributed by atoms with E-state index in [9.17, 15) is 4.79 Å². The molecule has 0 saturated heterocycles. The van der Waals surface area contributed by atoms with Crippen LogP contribution in [0.1, 0.15) is 26.2 Å². The second-order valence-corrected chi connectivity index (χ2v) is 7.92. The molecule has 1 amide bonds. The molecule has 0 aromatic heterocycles. The third kappa shape index (κ3) is 2.88. The van der Waals surface area contributed by atoms with Crippen LogP contribution >= 0.6 is 11.6 Å². The Morgan fingerprint density at radius 1 is 1.25 bits per heavy atom. The molecule has 6 nitrogen and oxygen atoms in total. The van der Waals surface area contributed by atoms with Crippen molar-refractivity contribution in [3.63, 3.8) is 0 Å². The molecule has 1 aliphatic carbocycles. The molecule has 2 aromatic carbocycles. The fourth-order valence-electron chi connectivity index (χ4n) is 3.83. The number of carbonyl (C=O) groups excluding carboxylic acids is 1. The van der Waals surface area contributed by atoms with Crippen molar-refractivity contribution in [3.05, 3.63) is 41.4 Å². The van der Waals surface area contributed by atoms with Crippen molar-refractivity contribution in [2.45, 2.75) is 38.3 Å². The fourth-order valence-corrected chi connectivity index (χ4v) is 3.96. The van der Waals surface area contributed by atoms with Gasteiger partial charge in [-0.3, -0.25) is 4.79 Å². The van der Waals surface area contributed by atoms with E-state index in [-0.39, 0.29) is 11.9 Å².